The maximum Gasteiger partial charge on any atom is 0.317 e. The van der Waals surface area contributed by atoms with Crippen molar-refractivity contribution in [2.75, 3.05) is 13.1 Å². The molecule has 0 aliphatic carbocycles. The number of nitrogens with one attached hydrogen (secondary N) is 1. The van der Waals surface area contributed by atoms with Crippen molar-refractivity contribution in [3.8, 4) is 0 Å². The number of piperidine rings is 1. The fraction of sp³-hybridized carbons (Fsp3) is 0.438. The summed E-state index contributed by atoms with van der Waals surface area (Å²) < 4.78 is 1.83. The van der Waals surface area contributed by atoms with Gasteiger partial charge < -0.3 is 10.2 Å². The molecule has 9 nitrogen and oxygen atoms in total. The molecule has 25 heavy (non-hydrogen) atoms. The minimum absolute atomic E-state index is 0.0459. The predicted molar refractivity (Wildman–Crippen MR) is 89.7 cm³/mol. The van der Waals surface area contributed by atoms with Gasteiger partial charge in [0.25, 0.3) is 5.69 Å². The van der Waals surface area contributed by atoms with Crippen LogP contribution < -0.4 is 5.32 Å². The number of hydrogen-bond acceptors (Lipinski definition) is 5. The monoisotopic (exact) mass is 344 g/mol. The van der Waals surface area contributed by atoms with E-state index < -0.39 is 4.92 Å². The molecule has 1 aromatic carbocycles. The summed E-state index contributed by atoms with van der Waals surface area (Å²) in [5, 5.41) is 17.6. The predicted octanol–water partition coefficient (Wildman–Crippen LogP) is 1.81. The molecule has 0 spiro atoms. The molecule has 132 valence electrons. The third-order valence-electron chi connectivity index (χ3n) is 4.40. The van der Waals surface area contributed by atoms with Crippen molar-refractivity contribution in [3.63, 3.8) is 0 Å². The van der Waals surface area contributed by atoms with Gasteiger partial charge in [-0.2, -0.15) is 5.10 Å². The second-order valence-electron chi connectivity index (χ2n) is 6.13. The highest BCUT2D eigenvalue weighted by atomic mass is 16.6. The van der Waals surface area contributed by atoms with Crippen molar-refractivity contribution >= 4 is 11.7 Å². The minimum atomic E-state index is -0.439. The standard InChI is InChI=1S/C16H20N6O3/c23-16(18-9-13-1-3-15(4-2-13)22(24)25)20-7-5-14(6-8-20)10-21-12-17-11-19-21/h1-4,11-12,14H,5-10H2,(H,18,23). The van der Waals surface area contributed by atoms with E-state index in [0.29, 0.717) is 25.6 Å². The normalized spacial score (nSPS) is 15.1. The Hall–Kier alpha value is -2.97. The topological polar surface area (TPSA) is 106 Å². The second kappa shape index (κ2) is 7.73. The SMILES string of the molecule is O=C(NCc1ccc([N+](=O)[O-])cc1)N1CCC(Cn2cncn2)CC1. The summed E-state index contributed by atoms with van der Waals surface area (Å²) in [5.41, 5.74) is 0.879. The van der Waals surface area contributed by atoms with E-state index in [1.54, 1.807) is 18.5 Å². The van der Waals surface area contributed by atoms with Crippen LogP contribution in [0.2, 0.25) is 0 Å². The van der Waals surface area contributed by atoms with Crippen LogP contribution in [0.1, 0.15) is 18.4 Å². The highest BCUT2D eigenvalue weighted by Crippen LogP contribution is 2.19. The van der Waals surface area contributed by atoms with Crippen LogP contribution in [0.4, 0.5) is 10.5 Å². The van der Waals surface area contributed by atoms with Gasteiger partial charge in [-0.05, 0) is 24.3 Å². The molecule has 1 aromatic heterocycles. The second-order valence-corrected chi connectivity index (χ2v) is 6.13. The first-order chi connectivity index (χ1) is 12.1. The van der Waals surface area contributed by atoms with Crippen LogP contribution in [-0.4, -0.2) is 43.7 Å². The molecule has 9 heteroatoms. The number of carbonyl (C=O) groups excluding carboxylic acids is 1. The van der Waals surface area contributed by atoms with Gasteiger partial charge in [-0.15, -0.1) is 0 Å². The van der Waals surface area contributed by atoms with E-state index in [1.165, 1.54) is 18.5 Å². The number of nitrogens with zero attached hydrogens (tertiary/aromatic N) is 5. The van der Waals surface area contributed by atoms with E-state index in [1.807, 2.05) is 9.58 Å². The maximum absolute atomic E-state index is 12.2. The van der Waals surface area contributed by atoms with Crippen LogP contribution in [0.25, 0.3) is 0 Å². The zero-order valence-corrected chi connectivity index (χ0v) is 13.7. The number of urea groups is 1. The van der Waals surface area contributed by atoms with E-state index in [2.05, 4.69) is 15.4 Å². The molecular weight excluding hydrogens is 324 g/mol. The lowest BCUT2D eigenvalue weighted by molar-refractivity contribution is -0.384. The third kappa shape index (κ3) is 4.52. The summed E-state index contributed by atoms with van der Waals surface area (Å²) in [6.45, 7) is 2.62. The van der Waals surface area contributed by atoms with E-state index in [4.69, 9.17) is 0 Å². The van der Waals surface area contributed by atoms with Gasteiger partial charge >= 0.3 is 6.03 Å². The van der Waals surface area contributed by atoms with Gasteiger partial charge in [0.1, 0.15) is 12.7 Å². The smallest absolute Gasteiger partial charge is 0.317 e. The van der Waals surface area contributed by atoms with Crippen LogP contribution in [0, 0.1) is 16.0 Å². The summed E-state index contributed by atoms with van der Waals surface area (Å²) in [7, 11) is 0. The van der Waals surface area contributed by atoms with Crippen LogP contribution >= 0.6 is 0 Å². The summed E-state index contributed by atoms with van der Waals surface area (Å²) in [4.78, 5) is 28.2. The first kappa shape index (κ1) is 16.9. The molecule has 1 N–H and O–H groups in total. The highest BCUT2D eigenvalue weighted by Gasteiger charge is 2.23. The fourth-order valence-corrected chi connectivity index (χ4v) is 2.94. The molecule has 0 unspecified atom stereocenters. The summed E-state index contributed by atoms with van der Waals surface area (Å²) in [5.74, 6) is 0.500. The highest BCUT2D eigenvalue weighted by molar-refractivity contribution is 5.74. The van der Waals surface area contributed by atoms with Crippen molar-refractivity contribution in [1.29, 1.82) is 0 Å². The minimum Gasteiger partial charge on any atom is -0.334 e. The lowest BCUT2D eigenvalue weighted by Gasteiger charge is -2.31. The third-order valence-corrected chi connectivity index (χ3v) is 4.40. The van der Waals surface area contributed by atoms with E-state index in [-0.39, 0.29) is 11.7 Å². The molecule has 3 rings (SSSR count). The molecule has 0 saturated carbocycles. The zero-order chi connectivity index (χ0) is 17.6. The molecule has 2 heterocycles. The largest absolute Gasteiger partial charge is 0.334 e. The number of nitro groups is 1. The van der Waals surface area contributed by atoms with Gasteiger partial charge in [-0.25, -0.2) is 9.78 Å². The average Bonchev–Trinajstić information content (AvgIpc) is 3.13. The number of amides is 2. The van der Waals surface area contributed by atoms with E-state index in [9.17, 15) is 14.9 Å². The number of non-ortho nitro benzene ring substituents is 1. The summed E-state index contributed by atoms with van der Waals surface area (Å²) in [6, 6.07) is 6.09. The van der Waals surface area contributed by atoms with Gasteiger partial charge in [0.2, 0.25) is 0 Å². The maximum atomic E-state index is 12.2. The molecule has 1 aliphatic heterocycles. The fourth-order valence-electron chi connectivity index (χ4n) is 2.94. The summed E-state index contributed by atoms with van der Waals surface area (Å²) in [6.07, 6.45) is 5.11. The first-order valence-corrected chi connectivity index (χ1v) is 8.20. The molecule has 1 aliphatic rings. The van der Waals surface area contributed by atoms with Crippen molar-refractivity contribution < 1.29 is 9.72 Å². The Bertz CT molecular complexity index is 708. The molecule has 2 amide bonds. The lowest BCUT2D eigenvalue weighted by atomic mass is 9.97. The Morgan fingerprint density at radius 3 is 2.60 bits per heavy atom. The lowest BCUT2D eigenvalue weighted by Crippen LogP contribution is -2.44. The summed E-state index contributed by atoms with van der Waals surface area (Å²) >= 11 is 0. The zero-order valence-electron chi connectivity index (χ0n) is 13.7. The number of rotatable bonds is 5. The number of benzene rings is 1. The number of hydrogen-bond donors (Lipinski definition) is 1. The Morgan fingerprint density at radius 1 is 1.28 bits per heavy atom. The van der Waals surface area contributed by atoms with E-state index in [0.717, 1.165) is 24.9 Å². The quantitative estimate of drug-likeness (QED) is 0.657. The van der Waals surface area contributed by atoms with Gasteiger partial charge in [0, 0.05) is 38.3 Å². The van der Waals surface area contributed by atoms with E-state index >= 15 is 0 Å². The first-order valence-electron chi connectivity index (χ1n) is 8.20. The molecular formula is C16H20N6O3. The van der Waals surface area contributed by atoms with Gasteiger partial charge in [-0.1, -0.05) is 12.1 Å². The Kier molecular flexibility index (Phi) is 5.22. The van der Waals surface area contributed by atoms with Crippen LogP contribution in [-0.2, 0) is 13.1 Å². The number of nitro benzene ring substituents is 1. The van der Waals surface area contributed by atoms with Crippen molar-refractivity contribution in [3.05, 3.63) is 52.6 Å². The molecule has 0 atom stereocenters. The Labute approximate surface area is 144 Å². The van der Waals surface area contributed by atoms with Crippen molar-refractivity contribution in [1.82, 2.24) is 25.0 Å². The van der Waals surface area contributed by atoms with Crippen molar-refractivity contribution in [2.24, 2.45) is 5.92 Å². The molecule has 0 radical (unpaired) electrons. The van der Waals surface area contributed by atoms with Crippen LogP contribution in [0.3, 0.4) is 0 Å². The van der Waals surface area contributed by atoms with Gasteiger partial charge in [0.15, 0.2) is 0 Å². The molecule has 1 saturated heterocycles. The Morgan fingerprint density at radius 2 is 2.00 bits per heavy atom. The van der Waals surface area contributed by atoms with Crippen LogP contribution in [0.5, 0.6) is 0 Å². The van der Waals surface area contributed by atoms with Gasteiger partial charge in [-0.3, -0.25) is 14.8 Å². The number of likely N-dealkylation sites (tertiary alicyclic amines) is 1. The number of carbonyl (C=O) groups is 1. The van der Waals surface area contributed by atoms with Crippen LogP contribution in [0.15, 0.2) is 36.9 Å². The Balaban J connectivity index is 1.42. The average molecular weight is 344 g/mol. The molecule has 2 aromatic rings. The van der Waals surface area contributed by atoms with Crippen molar-refractivity contribution in [2.45, 2.75) is 25.9 Å². The van der Waals surface area contributed by atoms with Gasteiger partial charge in [0.05, 0.1) is 4.92 Å². The number of aromatic nitrogens is 3. The molecule has 0 bridgehead atoms. The molecule has 1 fully saturated rings.